The molecule has 0 aliphatic carbocycles. The molecule has 71 heavy (non-hydrogen) atoms. The molecule has 17 nitrogen and oxygen atoms in total. The van der Waals surface area contributed by atoms with Gasteiger partial charge in [-0.3, -0.25) is 9.59 Å². The lowest BCUT2D eigenvalue weighted by Gasteiger charge is -2.28. The number of nitrogens with one attached hydrogen (secondary N) is 4. The number of likely N-dealkylation sites (tertiary alicyclic amines) is 2. The van der Waals surface area contributed by atoms with E-state index in [9.17, 15) is 19.2 Å². The Morgan fingerprint density at radius 3 is 2.23 bits per heavy atom. The number of hydrogen-bond acceptors (Lipinski definition) is 11. The summed E-state index contributed by atoms with van der Waals surface area (Å²) in [5.74, 6) is 1.48. The van der Waals surface area contributed by atoms with Gasteiger partial charge in [0.2, 0.25) is 0 Å². The normalized spacial score (nSPS) is 19.4. The molecule has 368 valence electrons. The van der Waals surface area contributed by atoms with Crippen molar-refractivity contribution in [3.05, 3.63) is 138 Å². The van der Waals surface area contributed by atoms with E-state index in [1.165, 1.54) is 14.2 Å². The van der Waals surface area contributed by atoms with Crippen molar-refractivity contribution in [2.24, 2.45) is 11.8 Å². The first-order valence-electron chi connectivity index (χ1n) is 23.6. The Hall–Kier alpha value is -7.76. The maximum Gasteiger partial charge on any atom is 0.407 e. The second kappa shape index (κ2) is 21.1. The topological polar surface area (TPSA) is 202 Å². The number of allylic oxidation sites excluding steroid dienone is 3. The smallest absolute Gasteiger partial charge is 0.407 e. The van der Waals surface area contributed by atoms with Gasteiger partial charge in [-0.25, -0.2) is 19.6 Å². The lowest BCUT2D eigenvalue weighted by molar-refractivity contribution is -0.135. The van der Waals surface area contributed by atoms with Crippen LogP contribution in [-0.4, -0.2) is 115 Å². The number of fused-ring (bicyclic) bond motifs is 6. The molecule has 0 bridgehead atoms. The molecule has 1 unspecified atom stereocenters. The number of aromatic nitrogens is 4. The van der Waals surface area contributed by atoms with Gasteiger partial charge in [-0.2, -0.15) is 0 Å². The molecule has 6 aromatic rings. The van der Waals surface area contributed by atoms with Crippen LogP contribution in [-0.2, 0) is 35.1 Å². The molecule has 3 aliphatic heterocycles. The monoisotopic (exact) mass is 962 g/mol. The van der Waals surface area contributed by atoms with E-state index in [1.54, 1.807) is 42.4 Å². The Bertz CT molecular complexity index is 3040. The average molecular weight is 963 g/mol. The molecule has 0 spiro atoms. The van der Waals surface area contributed by atoms with E-state index < -0.39 is 36.4 Å². The Balaban J connectivity index is 0.979. The fourth-order valence-electron chi connectivity index (χ4n) is 10.2. The second-order valence-electron chi connectivity index (χ2n) is 18.1. The van der Waals surface area contributed by atoms with Gasteiger partial charge >= 0.3 is 12.2 Å². The largest absolute Gasteiger partial charge is 0.488 e. The molecule has 4 N–H and O–H groups in total. The summed E-state index contributed by atoms with van der Waals surface area (Å²) in [6.07, 6.45) is 8.69. The molecule has 0 radical (unpaired) electrons. The predicted molar refractivity (Wildman–Crippen MR) is 267 cm³/mol. The summed E-state index contributed by atoms with van der Waals surface area (Å²) in [5, 5.41) is 7.34. The lowest BCUT2D eigenvalue weighted by atomic mass is 9.92. The fourth-order valence-corrected chi connectivity index (χ4v) is 10.2. The molecule has 17 heteroatoms. The number of benzene rings is 4. The number of H-pyrrole nitrogens is 2. The van der Waals surface area contributed by atoms with Crippen molar-refractivity contribution in [3.8, 4) is 28.1 Å². The first-order valence-corrected chi connectivity index (χ1v) is 23.6. The minimum atomic E-state index is -1.06. The number of imidazole rings is 2. The minimum Gasteiger partial charge on any atom is -0.488 e. The van der Waals surface area contributed by atoms with Gasteiger partial charge in [-0.05, 0) is 77.2 Å². The molecule has 2 aromatic heterocycles. The number of aromatic amines is 2. The molecule has 6 atom stereocenters. The van der Waals surface area contributed by atoms with Crippen LogP contribution in [0.3, 0.4) is 0 Å². The van der Waals surface area contributed by atoms with Crippen LogP contribution < -0.4 is 15.4 Å². The van der Waals surface area contributed by atoms with Crippen molar-refractivity contribution in [1.29, 1.82) is 0 Å². The third kappa shape index (κ3) is 9.87. The van der Waals surface area contributed by atoms with Crippen LogP contribution in [0.4, 0.5) is 9.59 Å². The Morgan fingerprint density at radius 1 is 0.817 bits per heavy atom. The molecule has 4 amide bonds. The van der Waals surface area contributed by atoms with Crippen LogP contribution in [0, 0.1) is 11.8 Å². The Kier molecular flexibility index (Phi) is 14.3. The number of carbonyl (C=O) groups excluding carboxylic acids is 4. The van der Waals surface area contributed by atoms with Gasteiger partial charge in [-0.1, -0.05) is 79.4 Å². The second-order valence-corrected chi connectivity index (χ2v) is 18.1. The van der Waals surface area contributed by atoms with Crippen molar-refractivity contribution in [3.63, 3.8) is 0 Å². The van der Waals surface area contributed by atoms with Crippen molar-refractivity contribution in [2.45, 2.75) is 50.5 Å². The van der Waals surface area contributed by atoms with E-state index in [0.717, 1.165) is 55.5 Å². The van der Waals surface area contributed by atoms with Crippen molar-refractivity contribution in [2.75, 3.05) is 54.7 Å². The van der Waals surface area contributed by atoms with Crippen LogP contribution in [0.25, 0.3) is 44.2 Å². The van der Waals surface area contributed by atoms with Gasteiger partial charge < -0.3 is 54.1 Å². The van der Waals surface area contributed by atoms with Crippen LogP contribution in [0.15, 0.2) is 115 Å². The standard InChI is InChI=1S/C54H58N8O9/c1-7-8-10-13-31(2)46(59-53(65)69-5)51(63)61-26-32(28-67-3)20-43(61)49-55-25-42(57-49)36-16-18-38-37(22-36)30-71-45-24-39-35(23-40(38)45)17-19-41-48(39)58-50(56-41)44-21-33(29-68-4)27-62(44)52(64)47(60-54(66)70-6)34-14-11-9-12-15-34/h7-19,22-25,32-33,43-44,46-47H,2,20-21,26-30H2,1,3-6H3,(H,55,57)(H,56,58)(H,59,65)(H,60,66)/b8-7-,13-10-/t32-,33?,43-,44-,46+,47+/m0/s1. The zero-order valence-corrected chi connectivity index (χ0v) is 40.4. The van der Waals surface area contributed by atoms with E-state index in [0.29, 0.717) is 68.5 Å². The quantitative estimate of drug-likeness (QED) is 0.0722. The third-order valence-corrected chi connectivity index (χ3v) is 13.6. The summed E-state index contributed by atoms with van der Waals surface area (Å²) in [7, 11) is 5.82. The molecule has 3 aliphatic rings. The van der Waals surface area contributed by atoms with Gasteiger partial charge in [-0.15, -0.1) is 0 Å². The minimum absolute atomic E-state index is 0.0372. The lowest BCUT2D eigenvalue weighted by Crippen LogP contribution is -2.49. The number of nitrogens with zero attached hydrogens (tertiary/aromatic N) is 4. The molecule has 2 saturated heterocycles. The highest BCUT2D eigenvalue weighted by Gasteiger charge is 2.43. The summed E-state index contributed by atoms with van der Waals surface area (Å²) < 4.78 is 27.3. The summed E-state index contributed by atoms with van der Waals surface area (Å²) in [4.78, 5) is 74.2. The van der Waals surface area contributed by atoms with Gasteiger partial charge in [0.25, 0.3) is 11.8 Å². The Morgan fingerprint density at radius 2 is 1.52 bits per heavy atom. The Labute approximate surface area is 411 Å². The van der Waals surface area contributed by atoms with E-state index in [-0.39, 0.29) is 23.7 Å². The van der Waals surface area contributed by atoms with Gasteiger partial charge in [0, 0.05) is 50.1 Å². The number of ether oxygens (including phenoxy) is 5. The van der Waals surface area contributed by atoms with Crippen molar-refractivity contribution in [1.82, 2.24) is 40.4 Å². The SMILES string of the molecule is C=C(/C=C\C=C/C)[C@@H](NC(=O)OC)C(=O)N1C[C@@H](COC)C[C@H]1c1ncc(-c2ccc3c(c2)COc2cc4c(ccc5nc([C@@H]6CC(COC)CN6C(=O)[C@H](NC(=O)OC)c6ccccc6)[nH]c54)cc2-3)[nH]1. The van der Waals surface area contributed by atoms with Crippen LogP contribution in [0.5, 0.6) is 5.75 Å². The number of carbonyl (C=O) groups is 4. The molecule has 5 heterocycles. The number of hydrogen-bond donors (Lipinski definition) is 4. The first-order chi connectivity index (χ1) is 34.5. The van der Waals surface area contributed by atoms with Crippen LogP contribution in [0.1, 0.15) is 60.7 Å². The number of alkyl carbamates (subject to hydrolysis) is 2. The molecule has 2 fully saturated rings. The number of methoxy groups -OCH3 is 4. The highest BCUT2D eigenvalue weighted by atomic mass is 16.5. The van der Waals surface area contributed by atoms with Crippen LogP contribution in [0.2, 0.25) is 0 Å². The van der Waals surface area contributed by atoms with Gasteiger partial charge in [0.1, 0.15) is 36.1 Å². The molecule has 4 aromatic carbocycles. The zero-order valence-electron chi connectivity index (χ0n) is 40.4. The maximum absolute atomic E-state index is 14.5. The van der Waals surface area contributed by atoms with E-state index in [1.807, 2.05) is 61.5 Å². The predicted octanol–water partition coefficient (Wildman–Crippen LogP) is 8.25. The zero-order chi connectivity index (χ0) is 49.8. The fraction of sp³-hybridized carbons (Fsp3) is 0.333. The van der Waals surface area contributed by atoms with Gasteiger partial charge in [0.15, 0.2) is 0 Å². The average Bonchev–Trinajstić information content (AvgIpc) is 4.23. The maximum atomic E-state index is 14.5. The molecular formula is C54H58N8O9. The van der Waals surface area contributed by atoms with E-state index >= 15 is 0 Å². The van der Waals surface area contributed by atoms with E-state index in [2.05, 4.69) is 57.5 Å². The first kappa shape index (κ1) is 48.3. The van der Waals surface area contributed by atoms with Crippen molar-refractivity contribution >= 4 is 45.8 Å². The van der Waals surface area contributed by atoms with E-state index in [4.69, 9.17) is 33.7 Å². The summed E-state index contributed by atoms with van der Waals surface area (Å²) in [5.41, 5.74) is 7.31. The highest BCUT2D eigenvalue weighted by molar-refractivity contribution is 6.07. The highest BCUT2D eigenvalue weighted by Crippen LogP contribution is 2.44. The third-order valence-electron chi connectivity index (χ3n) is 13.6. The summed E-state index contributed by atoms with van der Waals surface area (Å²) >= 11 is 0. The molecule has 9 rings (SSSR count). The summed E-state index contributed by atoms with van der Waals surface area (Å²) in [6.45, 7) is 8.05. The number of rotatable bonds is 15. The molecular weight excluding hydrogens is 905 g/mol. The van der Waals surface area contributed by atoms with Crippen molar-refractivity contribution < 1.29 is 42.9 Å². The van der Waals surface area contributed by atoms with Crippen LogP contribution >= 0.6 is 0 Å². The molecule has 0 saturated carbocycles. The van der Waals surface area contributed by atoms with Gasteiger partial charge in [0.05, 0.1) is 62.4 Å². The summed E-state index contributed by atoms with van der Waals surface area (Å²) in [6, 6.07) is 20.7. The number of amides is 4.